The first-order valence-electron chi connectivity index (χ1n) is 7.15. The molecular weight excluding hydrogens is 355 g/mol. The van der Waals surface area contributed by atoms with Gasteiger partial charge in [-0.05, 0) is 44.6 Å². The van der Waals surface area contributed by atoms with Gasteiger partial charge in [-0.25, -0.2) is 0 Å². The normalized spacial score (nSPS) is 29.0. The topological polar surface area (TPSA) is 0 Å². The molecule has 1 aromatic rings. The van der Waals surface area contributed by atoms with Crippen molar-refractivity contribution in [3.63, 3.8) is 0 Å². The second-order valence-corrected chi connectivity index (χ2v) is 7.20. The molecule has 0 heterocycles. The summed E-state index contributed by atoms with van der Waals surface area (Å²) in [7, 11) is 0. The fraction of sp³-hybridized carbons (Fsp3) is 0.263. The molecule has 0 N–H and O–H groups in total. The smallest absolute Gasteiger partial charge is 0.0109 e. The lowest BCUT2D eigenvalue weighted by Crippen LogP contribution is -2.23. The van der Waals surface area contributed by atoms with Crippen molar-refractivity contribution in [2.45, 2.75) is 25.7 Å². The van der Waals surface area contributed by atoms with Crippen molar-refractivity contribution in [2.24, 2.45) is 5.41 Å². The number of halogens is 1. The standard InChI is InChI=1S/C19H19I/c1-19(12-6-3-7-13-19)18-11-10-16(20)14-17(18)15-8-4-2-5-9-15/h2-12,17H,13-14H2,1H3/t17?,19-/m1/s1. The van der Waals surface area contributed by atoms with Crippen LogP contribution in [0.1, 0.15) is 31.2 Å². The maximum absolute atomic E-state index is 2.47. The Kier molecular flexibility index (Phi) is 3.97. The van der Waals surface area contributed by atoms with Crippen LogP contribution in [0.3, 0.4) is 0 Å². The Morgan fingerprint density at radius 1 is 1.10 bits per heavy atom. The van der Waals surface area contributed by atoms with Crippen molar-refractivity contribution in [1.82, 2.24) is 0 Å². The van der Waals surface area contributed by atoms with E-state index in [1.54, 1.807) is 5.57 Å². The van der Waals surface area contributed by atoms with Crippen LogP contribution in [0, 0.1) is 5.41 Å². The number of hydrogen-bond acceptors (Lipinski definition) is 0. The molecule has 0 saturated carbocycles. The Labute approximate surface area is 135 Å². The van der Waals surface area contributed by atoms with E-state index in [4.69, 9.17) is 0 Å². The molecule has 3 rings (SSSR count). The monoisotopic (exact) mass is 374 g/mol. The third kappa shape index (κ3) is 2.69. The van der Waals surface area contributed by atoms with Gasteiger partial charge in [0, 0.05) is 11.3 Å². The van der Waals surface area contributed by atoms with Gasteiger partial charge in [0.05, 0.1) is 0 Å². The molecule has 0 nitrogen and oxygen atoms in total. The predicted octanol–water partition coefficient (Wildman–Crippen LogP) is 5.94. The van der Waals surface area contributed by atoms with Crippen LogP contribution < -0.4 is 0 Å². The zero-order valence-electron chi connectivity index (χ0n) is 11.7. The van der Waals surface area contributed by atoms with E-state index in [9.17, 15) is 0 Å². The highest BCUT2D eigenvalue weighted by atomic mass is 127. The molecule has 1 heteroatoms. The summed E-state index contributed by atoms with van der Waals surface area (Å²) in [6.07, 6.45) is 15.9. The molecule has 102 valence electrons. The Morgan fingerprint density at radius 3 is 2.60 bits per heavy atom. The summed E-state index contributed by atoms with van der Waals surface area (Å²) in [5.74, 6) is 0.509. The Balaban J connectivity index is 2.01. The minimum Gasteiger partial charge on any atom is -0.0834 e. The average Bonchev–Trinajstić information content (AvgIpc) is 2.48. The lowest BCUT2D eigenvalue weighted by molar-refractivity contribution is 0.472. The summed E-state index contributed by atoms with van der Waals surface area (Å²) < 4.78 is 1.44. The molecule has 0 aliphatic heterocycles. The molecule has 2 atom stereocenters. The largest absolute Gasteiger partial charge is 0.0834 e. The lowest BCUT2D eigenvalue weighted by Gasteiger charge is -2.37. The zero-order valence-corrected chi connectivity index (χ0v) is 13.9. The van der Waals surface area contributed by atoms with E-state index >= 15 is 0 Å². The van der Waals surface area contributed by atoms with Crippen LogP contribution in [-0.4, -0.2) is 0 Å². The lowest BCUT2D eigenvalue weighted by atomic mass is 9.68. The SMILES string of the molecule is C[C@@]1(C2=CC=C(I)CC2c2ccccc2)C=CC=CC1. The third-order valence-corrected chi connectivity index (χ3v) is 5.13. The third-order valence-electron chi connectivity index (χ3n) is 4.33. The molecule has 0 spiro atoms. The van der Waals surface area contributed by atoms with Gasteiger partial charge in [-0.3, -0.25) is 0 Å². The highest BCUT2D eigenvalue weighted by Crippen LogP contribution is 2.48. The summed E-state index contributed by atoms with van der Waals surface area (Å²) in [5, 5.41) is 0. The second-order valence-electron chi connectivity index (χ2n) is 5.81. The van der Waals surface area contributed by atoms with Gasteiger partial charge in [0.1, 0.15) is 0 Å². The summed E-state index contributed by atoms with van der Waals surface area (Å²) >= 11 is 2.47. The predicted molar refractivity (Wildman–Crippen MR) is 95.0 cm³/mol. The van der Waals surface area contributed by atoms with Gasteiger partial charge in [0.2, 0.25) is 0 Å². The summed E-state index contributed by atoms with van der Waals surface area (Å²) in [6.45, 7) is 2.36. The van der Waals surface area contributed by atoms with Crippen molar-refractivity contribution < 1.29 is 0 Å². The van der Waals surface area contributed by atoms with Gasteiger partial charge in [0.25, 0.3) is 0 Å². The van der Waals surface area contributed by atoms with Crippen molar-refractivity contribution in [3.05, 3.63) is 81.5 Å². The first-order chi connectivity index (χ1) is 9.69. The van der Waals surface area contributed by atoms with E-state index in [0.29, 0.717) is 5.92 Å². The fourth-order valence-electron chi connectivity index (χ4n) is 3.18. The van der Waals surface area contributed by atoms with E-state index in [2.05, 4.69) is 96.3 Å². The second kappa shape index (κ2) is 5.72. The Bertz CT molecular complexity index is 604. The molecule has 20 heavy (non-hydrogen) atoms. The van der Waals surface area contributed by atoms with Gasteiger partial charge >= 0.3 is 0 Å². The van der Waals surface area contributed by atoms with Crippen molar-refractivity contribution in [1.29, 1.82) is 0 Å². The number of allylic oxidation sites excluding steroid dienone is 8. The molecule has 0 saturated heterocycles. The molecule has 2 aliphatic carbocycles. The summed E-state index contributed by atoms with van der Waals surface area (Å²) in [6, 6.07) is 10.9. The highest BCUT2D eigenvalue weighted by Gasteiger charge is 2.33. The molecule has 0 aromatic heterocycles. The number of hydrogen-bond donors (Lipinski definition) is 0. The molecule has 0 bridgehead atoms. The van der Waals surface area contributed by atoms with Crippen molar-refractivity contribution >= 4 is 22.6 Å². The fourth-order valence-corrected chi connectivity index (χ4v) is 3.80. The van der Waals surface area contributed by atoms with Crippen LogP contribution >= 0.6 is 22.6 Å². The molecule has 0 radical (unpaired) electrons. The van der Waals surface area contributed by atoms with Crippen LogP contribution in [0.2, 0.25) is 0 Å². The van der Waals surface area contributed by atoms with Gasteiger partial charge in [-0.1, -0.05) is 79.3 Å². The summed E-state index contributed by atoms with van der Waals surface area (Å²) in [5.41, 5.74) is 3.14. The minimum atomic E-state index is 0.156. The quantitative estimate of drug-likeness (QED) is 0.562. The molecule has 2 aliphatic rings. The van der Waals surface area contributed by atoms with Crippen LogP contribution in [0.5, 0.6) is 0 Å². The first kappa shape index (κ1) is 13.9. The van der Waals surface area contributed by atoms with Gasteiger partial charge in [-0.15, -0.1) is 0 Å². The number of benzene rings is 1. The van der Waals surface area contributed by atoms with Crippen LogP contribution in [0.25, 0.3) is 0 Å². The molecule has 0 amide bonds. The Hall–Kier alpha value is -1.09. The van der Waals surface area contributed by atoms with Crippen molar-refractivity contribution in [2.75, 3.05) is 0 Å². The van der Waals surface area contributed by atoms with E-state index in [1.165, 1.54) is 9.14 Å². The van der Waals surface area contributed by atoms with Crippen LogP contribution in [-0.2, 0) is 0 Å². The Morgan fingerprint density at radius 2 is 1.90 bits per heavy atom. The van der Waals surface area contributed by atoms with Gasteiger partial charge in [0.15, 0.2) is 0 Å². The first-order valence-corrected chi connectivity index (χ1v) is 8.23. The van der Waals surface area contributed by atoms with Crippen LogP contribution in [0.4, 0.5) is 0 Å². The van der Waals surface area contributed by atoms with E-state index in [0.717, 1.165) is 12.8 Å². The number of rotatable bonds is 2. The average molecular weight is 374 g/mol. The summed E-state index contributed by atoms with van der Waals surface area (Å²) in [4.78, 5) is 0. The maximum Gasteiger partial charge on any atom is 0.0109 e. The van der Waals surface area contributed by atoms with Gasteiger partial charge in [-0.2, -0.15) is 0 Å². The van der Waals surface area contributed by atoms with Crippen molar-refractivity contribution in [3.8, 4) is 0 Å². The minimum absolute atomic E-state index is 0.156. The van der Waals surface area contributed by atoms with E-state index < -0.39 is 0 Å². The molecule has 1 aromatic carbocycles. The van der Waals surface area contributed by atoms with E-state index in [-0.39, 0.29) is 5.41 Å². The molecular formula is C19H19I. The van der Waals surface area contributed by atoms with Crippen LogP contribution in [0.15, 0.2) is 75.9 Å². The molecule has 1 unspecified atom stereocenters. The highest BCUT2D eigenvalue weighted by molar-refractivity contribution is 14.1. The van der Waals surface area contributed by atoms with Gasteiger partial charge < -0.3 is 0 Å². The molecule has 0 fully saturated rings. The zero-order chi connectivity index (χ0) is 14.0. The van der Waals surface area contributed by atoms with E-state index in [1.807, 2.05) is 0 Å². The maximum atomic E-state index is 2.47.